The van der Waals surface area contributed by atoms with Crippen LogP contribution in [0.15, 0.2) is 24.3 Å². The number of sulfone groups is 1. The van der Waals surface area contributed by atoms with Gasteiger partial charge in [-0.1, -0.05) is 18.6 Å². The third kappa shape index (κ3) is 6.96. The molecule has 0 aliphatic carbocycles. The van der Waals surface area contributed by atoms with Crippen molar-refractivity contribution in [1.29, 1.82) is 0 Å². The first-order valence-electron chi connectivity index (χ1n) is 9.30. The van der Waals surface area contributed by atoms with E-state index in [1.807, 2.05) is 31.2 Å². The van der Waals surface area contributed by atoms with Crippen LogP contribution in [-0.4, -0.2) is 57.5 Å². The smallest absolute Gasteiger partial charge is 0.221 e. The first-order chi connectivity index (χ1) is 12.4. The maximum atomic E-state index is 12.0. The maximum Gasteiger partial charge on any atom is 0.221 e. The fourth-order valence-corrected chi connectivity index (χ4v) is 3.77. The van der Waals surface area contributed by atoms with Crippen LogP contribution in [0.2, 0.25) is 0 Å². The third-order valence-corrected chi connectivity index (χ3v) is 5.55. The lowest BCUT2D eigenvalue weighted by Crippen LogP contribution is -2.40. The van der Waals surface area contributed by atoms with E-state index in [1.54, 1.807) is 0 Å². The monoisotopic (exact) mass is 382 g/mol. The molecular weight excluding hydrogens is 352 g/mol. The number of piperidine rings is 1. The quantitative estimate of drug-likeness (QED) is 0.708. The second-order valence-electron chi connectivity index (χ2n) is 6.80. The summed E-state index contributed by atoms with van der Waals surface area (Å²) in [4.78, 5) is 14.4. The molecule has 6 nitrogen and oxygen atoms in total. The van der Waals surface area contributed by atoms with Crippen LogP contribution < -0.4 is 10.1 Å². The predicted molar refractivity (Wildman–Crippen MR) is 103 cm³/mol. The highest BCUT2D eigenvalue weighted by Crippen LogP contribution is 2.26. The van der Waals surface area contributed by atoms with E-state index < -0.39 is 9.84 Å². The van der Waals surface area contributed by atoms with Gasteiger partial charge in [-0.3, -0.25) is 9.69 Å². The molecule has 0 aromatic heterocycles. The lowest BCUT2D eigenvalue weighted by Gasteiger charge is -2.35. The van der Waals surface area contributed by atoms with Gasteiger partial charge in [-0.25, -0.2) is 8.42 Å². The molecule has 1 fully saturated rings. The molecule has 1 unspecified atom stereocenters. The number of nitrogens with zero attached hydrogens (tertiary/aromatic N) is 1. The zero-order valence-corrected chi connectivity index (χ0v) is 16.6. The Morgan fingerprint density at radius 3 is 2.42 bits per heavy atom. The van der Waals surface area contributed by atoms with Crippen LogP contribution in [0.1, 0.15) is 44.2 Å². The third-order valence-electron chi connectivity index (χ3n) is 4.60. The summed E-state index contributed by atoms with van der Waals surface area (Å²) in [5.41, 5.74) is 1.14. The van der Waals surface area contributed by atoms with E-state index >= 15 is 0 Å². The van der Waals surface area contributed by atoms with Crippen molar-refractivity contribution in [2.75, 3.05) is 38.2 Å². The minimum Gasteiger partial charge on any atom is -0.494 e. The number of benzene rings is 1. The van der Waals surface area contributed by atoms with Crippen LogP contribution in [0.4, 0.5) is 0 Å². The average molecular weight is 383 g/mol. The zero-order valence-electron chi connectivity index (χ0n) is 15.7. The van der Waals surface area contributed by atoms with Crippen molar-refractivity contribution >= 4 is 15.7 Å². The van der Waals surface area contributed by atoms with Crippen LogP contribution in [0, 0.1) is 0 Å². The molecular formula is C19H30N2O4S. The number of hydrogen-bond acceptors (Lipinski definition) is 5. The van der Waals surface area contributed by atoms with Gasteiger partial charge in [0.25, 0.3) is 0 Å². The van der Waals surface area contributed by atoms with E-state index in [2.05, 4.69) is 10.2 Å². The van der Waals surface area contributed by atoms with E-state index in [9.17, 15) is 13.2 Å². The van der Waals surface area contributed by atoms with Gasteiger partial charge in [-0.05, 0) is 50.6 Å². The number of likely N-dealkylation sites (tertiary alicyclic amines) is 1. The Morgan fingerprint density at radius 1 is 1.19 bits per heavy atom. The Bertz CT molecular complexity index is 667. The van der Waals surface area contributed by atoms with Crippen LogP contribution >= 0.6 is 0 Å². The first-order valence-corrected chi connectivity index (χ1v) is 11.4. The first kappa shape index (κ1) is 20.7. The molecule has 1 aromatic carbocycles. The Morgan fingerprint density at radius 2 is 1.85 bits per heavy atom. The normalized spacial score (nSPS) is 16.8. The second kappa shape index (κ2) is 9.92. The van der Waals surface area contributed by atoms with Crippen LogP contribution in [0.3, 0.4) is 0 Å². The Kier molecular flexibility index (Phi) is 7.90. The topological polar surface area (TPSA) is 75.7 Å². The number of hydrogen-bond donors (Lipinski definition) is 1. The molecule has 1 N–H and O–H groups in total. The fraction of sp³-hybridized carbons (Fsp3) is 0.632. The van der Waals surface area contributed by atoms with Crippen molar-refractivity contribution < 1.29 is 17.9 Å². The van der Waals surface area contributed by atoms with Crippen molar-refractivity contribution in [3.05, 3.63) is 29.8 Å². The lowest BCUT2D eigenvalue weighted by molar-refractivity contribution is -0.121. The molecule has 26 heavy (non-hydrogen) atoms. The molecule has 7 heteroatoms. The van der Waals surface area contributed by atoms with Crippen molar-refractivity contribution in [3.8, 4) is 5.75 Å². The largest absolute Gasteiger partial charge is 0.494 e. The number of rotatable bonds is 9. The summed E-state index contributed by atoms with van der Waals surface area (Å²) in [6.07, 6.45) is 4.73. The summed E-state index contributed by atoms with van der Waals surface area (Å²) in [7, 11) is -3.13. The Hall–Kier alpha value is -1.60. The number of carbonyl (C=O) groups is 1. The lowest BCUT2D eigenvalue weighted by atomic mass is 10.0. The van der Waals surface area contributed by atoms with Gasteiger partial charge in [0.15, 0.2) is 0 Å². The van der Waals surface area contributed by atoms with Gasteiger partial charge in [-0.2, -0.15) is 0 Å². The summed E-state index contributed by atoms with van der Waals surface area (Å²) >= 11 is 0. The van der Waals surface area contributed by atoms with Crippen molar-refractivity contribution in [2.45, 2.75) is 38.6 Å². The number of ether oxygens (including phenoxy) is 1. The molecule has 0 saturated carbocycles. The minimum absolute atomic E-state index is 0.00876. The molecule has 1 aromatic rings. The van der Waals surface area contributed by atoms with E-state index in [4.69, 9.17) is 4.74 Å². The van der Waals surface area contributed by atoms with Crippen molar-refractivity contribution in [1.82, 2.24) is 10.2 Å². The van der Waals surface area contributed by atoms with Gasteiger partial charge in [0.05, 0.1) is 18.4 Å². The summed E-state index contributed by atoms with van der Waals surface area (Å²) < 4.78 is 28.0. The van der Waals surface area contributed by atoms with E-state index in [1.165, 1.54) is 6.42 Å². The summed E-state index contributed by atoms with van der Waals surface area (Å²) in [5, 5.41) is 2.91. The van der Waals surface area contributed by atoms with E-state index in [0.717, 1.165) is 43.5 Å². The van der Waals surface area contributed by atoms with Crippen LogP contribution in [0.5, 0.6) is 5.75 Å². The van der Waals surface area contributed by atoms with Gasteiger partial charge in [-0.15, -0.1) is 0 Å². The van der Waals surface area contributed by atoms with Crippen LogP contribution in [0.25, 0.3) is 0 Å². The standard InChI is InChI=1S/C19H30N2O4S/c1-3-25-17-9-7-16(8-10-17)18(21-12-5-4-6-13-21)15-20-19(22)11-14-26(2,23)24/h7-10,18H,3-6,11-15H2,1-2H3,(H,20,22). The fourth-order valence-electron chi connectivity index (χ4n) is 3.22. The molecule has 1 aliphatic heterocycles. The molecule has 0 bridgehead atoms. The summed E-state index contributed by atoms with van der Waals surface area (Å²) in [6, 6.07) is 8.11. The van der Waals surface area contributed by atoms with Gasteiger partial charge in [0.1, 0.15) is 15.6 Å². The SMILES string of the molecule is CCOc1ccc(C(CNC(=O)CCS(C)(=O)=O)N2CCCCC2)cc1. The van der Waals surface area contributed by atoms with E-state index in [-0.39, 0.29) is 24.1 Å². The number of amides is 1. The molecule has 0 spiro atoms. The minimum atomic E-state index is -3.13. The van der Waals surface area contributed by atoms with Gasteiger partial charge in [0.2, 0.25) is 5.91 Å². The molecule has 1 saturated heterocycles. The van der Waals surface area contributed by atoms with E-state index in [0.29, 0.717) is 13.2 Å². The van der Waals surface area contributed by atoms with Crippen molar-refractivity contribution in [2.24, 2.45) is 0 Å². The summed E-state index contributed by atoms with van der Waals surface area (Å²) in [5.74, 6) is 0.505. The van der Waals surface area contributed by atoms with Gasteiger partial charge in [0, 0.05) is 19.2 Å². The predicted octanol–water partition coefficient (Wildman–Crippen LogP) is 2.16. The molecule has 1 heterocycles. The molecule has 1 amide bonds. The molecule has 146 valence electrons. The highest BCUT2D eigenvalue weighted by atomic mass is 32.2. The maximum absolute atomic E-state index is 12.0. The summed E-state index contributed by atoms with van der Waals surface area (Å²) in [6.45, 7) is 5.09. The highest BCUT2D eigenvalue weighted by Gasteiger charge is 2.23. The molecule has 1 aliphatic rings. The van der Waals surface area contributed by atoms with Crippen LogP contribution in [-0.2, 0) is 14.6 Å². The zero-order chi connectivity index (χ0) is 19.0. The number of carbonyl (C=O) groups excluding carboxylic acids is 1. The molecule has 2 rings (SSSR count). The van der Waals surface area contributed by atoms with Gasteiger partial charge >= 0.3 is 0 Å². The van der Waals surface area contributed by atoms with Crippen molar-refractivity contribution in [3.63, 3.8) is 0 Å². The number of nitrogens with one attached hydrogen (secondary N) is 1. The molecule has 1 atom stereocenters. The average Bonchev–Trinajstić information content (AvgIpc) is 2.62. The second-order valence-corrected chi connectivity index (χ2v) is 9.06. The highest BCUT2D eigenvalue weighted by molar-refractivity contribution is 7.90. The van der Waals surface area contributed by atoms with Gasteiger partial charge < -0.3 is 10.1 Å². The Labute approximate surface area is 156 Å². The molecule has 0 radical (unpaired) electrons. The Balaban J connectivity index is 2.02.